The third kappa shape index (κ3) is 7.96. The van der Waals surface area contributed by atoms with Crippen molar-refractivity contribution in [2.45, 2.75) is 59.1 Å². The van der Waals surface area contributed by atoms with Gasteiger partial charge in [0.25, 0.3) is 0 Å². The van der Waals surface area contributed by atoms with Crippen LogP contribution in [0.3, 0.4) is 0 Å². The van der Waals surface area contributed by atoms with Crippen molar-refractivity contribution in [1.82, 2.24) is 24.7 Å². The highest BCUT2D eigenvalue weighted by atomic mass is 127. The Morgan fingerprint density at radius 2 is 2.10 bits per heavy atom. The number of aromatic nitrogens is 2. The number of carbonyl (C=O) groups excluding carboxylic acids is 1. The Balaban J connectivity index is 0.00000450. The van der Waals surface area contributed by atoms with Crippen LogP contribution in [-0.4, -0.2) is 76.8 Å². The van der Waals surface area contributed by atoms with E-state index in [4.69, 9.17) is 4.74 Å². The molecule has 8 nitrogen and oxygen atoms in total. The fourth-order valence-electron chi connectivity index (χ4n) is 3.62. The summed E-state index contributed by atoms with van der Waals surface area (Å²) in [7, 11) is 1.81. The maximum atomic E-state index is 12.4. The Labute approximate surface area is 198 Å². The maximum absolute atomic E-state index is 12.4. The minimum atomic E-state index is -0.487. The summed E-state index contributed by atoms with van der Waals surface area (Å²) in [5.74, 6) is 1.47. The molecule has 1 fully saturated rings. The molecule has 2 rings (SSSR count). The van der Waals surface area contributed by atoms with E-state index in [1.54, 1.807) is 4.90 Å². The summed E-state index contributed by atoms with van der Waals surface area (Å²) in [6.07, 6.45) is 7.49. The maximum Gasteiger partial charge on any atom is 0.410 e. The second-order valence-corrected chi connectivity index (χ2v) is 8.73. The molecular weight excluding hydrogens is 495 g/mol. The monoisotopic (exact) mass is 534 g/mol. The van der Waals surface area contributed by atoms with E-state index in [9.17, 15) is 4.79 Å². The standard InChI is InChI=1S/C21H38N6O2.HI/c1-7-11-25(20(28)29-21(3,4)5)14-10-24-19(22-6)26-12-8-17(2)18(15-26)27-13-9-23-16-27;/h9,13,16-18H,7-8,10-12,14-15H2,1-6H3,(H,22,24);1H. The van der Waals surface area contributed by atoms with Crippen molar-refractivity contribution in [1.29, 1.82) is 0 Å². The van der Waals surface area contributed by atoms with E-state index in [0.717, 1.165) is 31.9 Å². The highest BCUT2D eigenvalue weighted by molar-refractivity contribution is 14.0. The van der Waals surface area contributed by atoms with Crippen LogP contribution in [0.4, 0.5) is 4.79 Å². The van der Waals surface area contributed by atoms with Crippen LogP contribution in [0, 0.1) is 5.92 Å². The average molecular weight is 534 g/mol. The second kappa shape index (κ2) is 12.4. The highest BCUT2D eigenvalue weighted by Crippen LogP contribution is 2.27. The van der Waals surface area contributed by atoms with Crippen LogP contribution in [0.15, 0.2) is 23.7 Å². The van der Waals surface area contributed by atoms with Gasteiger partial charge in [0.1, 0.15) is 5.60 Å². The van der Waals surface area contributed by atoms with Gasteiger partial charge in [-0.2, -0.15) is 0 Å². The molecule has 1 N–H and O–H groups in total. The van der Waals surface area contributed by atoms with Crippen molar-refractivity contribution in [3.63, 3.8) is 0 Å². The lowest BCUT2D eigenvalue weighted by molar-refractivity contribution is 0.0253. The van der Waals surface area contributed by atoms with Gasteiger partial charge in [-0.25, -0.2) is 9.78 Å². The van der Waals surface area contributed by atoms with E-state index >= 15 is 0 Å². The third-order valence-electron chi connectivity index (χ3n) is 5.15. The molecule has 1 aromatic rings. The summed E-state index contributed by atoms with van der Waals surface area (Å²) in [6.45, 7) is 13.8. The molecular formula is C21H39IN6O2. The minimum absolute atomic E-state index is 0. The lowest BCUT2D eigenvalue weighted by atomic mass is 9.93. The number of likely N-dealkylation sites (tertiary alicyclic amines) is 1. The average Bonchev–Trinajstić information content (AvgIpc) is 3.18. The van der Waals surface area contributed by atoms with Crippen molar-refractivity contribution in [3.05, 3.63) is 18.7 Å². The Bertz CT molecular complexity index is 659. The number of ether oxygens (including phenoxy) is 1. The normalized spacial score (nSPS) is 19.8. The lowest BCUT2D eigenvalue weighted by Crippen LogP contribution is -2.50. The Hall–Kier alpha value is -1.52. The summed E-state index contributed by atoms with van der Waals surface area (Å²) >= 11 is 0. The van der Waals surface area contributed by atoms with E-state index in [0.29, 0.717) is 31.6 Å². The first-order valence-electron chi connectivity index (χ1n) is 10.7. The van der Waals surface area contributed by atoms with Crippen LogP contribution in [-0.2, 0) is 4.74 Å². The number of rotatable bonds is 6. The molecule has 1 saturated heterocycles. The quantitative estimate of drug-likeness (QED) is 0.343. The SMILES string of the molecule is CCCN(CCNC(=NC)N1CCC(C)C(n2ccnc2)C1)C(=O)OC(C)(C)C.I. The number of carbonyl (C=O) groups is 1. The molecule has 0 aliphatic carbocycles. The van der Waals surface area contributed by atoms with Gasteiger partial charge in [0, 0.05) is 52.2 Å². The minimum Gasteiger partial charge on any atom is -0.444 e. The lowest BCUT2D eigenvalue weighted by Gasteiger charge is -2.39. The van der Waals surface area contributed by atoms with Gasteiger partial charge in [0.05, 0.1) is 12.4 Å². The van der Waals surface area contributed by atoms with Crippen LogP contribution >= 0.6 is 24.0 Å². The number of guanidine groups is 1. The van der Waals surface area contributed by atoms with Crippen LogP contribution < -0.4 is 5.32 Å². The smallest absolute Gasteiger partial charge is 0.410 e. The molecule has 9 heteroatoms. The molecule has 1 amide bonds. The Morgan fingerprint density at radius 1 is 1.37 bits per heavy atom. The molecule has 1 aliphatic rings. The van der Waals surface area contributed by atoms with Crippen molar-refractivity contribution >= 4 is 36.0 Å². The second-order valence-electron chi connectivity index (χ2n) is 8.73. The molecule has 2 atom stereocenters. The molecule has 0 spiro atoms. The Morgan fingerprint density at radius 3 is 2.67 bits per heavy atom. The van der Waals surface area contributed by atoms with E-state index < -0.39 is 5.60 Å². The first-order valence-corrected chi connectivity index (χ1v) is 10.7. The molecule has 0 radical (unpaired) electrons. The van der Waals surface area contributed by atoms with Gasteiger partial charge in [-0.1, -0.05) is 13.8 Å². The number of hydrogen-bond acceptors (Lipinski definition) is 4. The summed E-state index contributed by atoms with van der Waals surface area (Å²) in [4.78, 5) is 25.2. The molecule has 2 heterocycles. The summed E-state index contributed by atoms with van der Waals surface area (Å²) in [5, 5.41) is 3.43. The first kappa shape index (κ1) is 26.5. The van der Waals surface area contributed by atoms with Gasteiger partial charge in [0.15, 0.2) is 5.96 Å². The fourth-order valence-corrected chi connectivity index (χ4v) is 3.62. The summed E-state index contributed by atoms with van der Waals surface area (Å²) < 4.78 is 7.72. The molecule has 2 unspecified atom stereocenters. The van der Waals surface area contributed by atoms with Gasteiger partial charge >= 0.3 is 6.09 Å². The molecule has 172 valence electrons. The highest BCUT2D eigenvalue weighted by Gasteiger charge is 2.29. The van der Waals surface area contributed by atoms with Crippen molar-refractivity contribution in [3.8, 4) is 0 Å². The van der Waals surface area contributed by atoms with Gasteiger partial charge in [-0.3, -0.25) is 4.99 Å². The zero-order valence-electron chi connectivity index (χ0n) is 19.3. The number of hydrogen-bond donors (Lipinski definition) is 1. The van der Waals surface area contributed by atoms with E-state index in [1.807, 2.05) is 46.5 Å². The first-order chi connectivity index (χ1) is 13.7. The van der Waals surface area contributed by atoms with E-state index in [2.05, 4.69) is 38.6 Å². The van der Waals surface area contributed by atoms with Crippen LogP contribution in [0.1, 0.15) is 53.5 Å². The predicted octanol–water partition coefficient (Wildman–Crippen LogP) is 3.61. The number of nitrogens with one attached hydrogen (secondary N) is 1. The van der Waals surface area contributed by atoms with Gasteiger partial charge in [-0.15, -0.1) is 24.0 Å². The fraction of sp³-hybridized carbons (Fsp3) is 0.762. The number of piperidine rings is 1. The number of aliphatic imine (C=N–C) groups is 1. The number of imidazole rings is 1. The molecule has 0 saturated carbocycles. The molecule has 0 aromatic carbocycles. The molecule has 1 aliphatic heterocycles. The topological polar surface area (TPSA) is 75.0 Å². The van der Waals surface area contributed by atoms with Crippen molar-refractivity contribution in [2.24, 2.45) is 10.9 Å². The Kier molecular flexibility index (Phi) is 10.9. The zero-order valence-corrected chi connectivity index (χ0v) is 21.6. The predicted molar refractivity (Wildman–Crippen MR) is 131 cm³/mol. The third-order valence-corrected chi connectivity index (χ3v) is 5.15. The number of halogens is 1. The van der Waals surface area contributed by atoms with E-state index in [-0.39, 0.29) is 30.1 Å². The van der Waals surface area contributed by atoms with Crippen LogP contribution in [0.2, 0.25) is 0 Å². The van der Waals surface area contributed by atoms with Crippen molar-refractivity contribution in [2.75, 3.05) is 39.8 Å². The van der Waals surface area contributed by atoms with Gasteiger partial charge in [0.2, 0.25) is 0 Å². The molecule has 0 bridgehead atoms. The largest absolute Gasteiger partial charge is 0.444 e. The van der Waals surface area contributed by atoms with Crippen molar-refractivity contribution < 1.29 is 9.53 Å². The zero-order chi connectivity index (χ0) is 21.4. The van der Waals surface area contributed by atoms with Crippen LogP contribution in [0.25, 0.3) is 0 Å². The molecule has 1 aromatic heterocycles. The van der Waals surface area contributed by atoms with Crippen LogP contribution in [0.5, 0.6) is 0 Å². The molecule has 30 heavy (non-hydrogen) atoms. The number of amides is 1. The van der Waals surface area contributed by atoms with Gasteiger partial charge in [-0.05, 0) is 39.5 Å². The summed E-state index contributed by atoms with van der Waals surface area (Å²) in [5.41, 5.74) is -0.487. The van der Waals surface area contributed by atoms with E-state index in [1.165, 1.54) is 0 Å². The number of nitrogens with zero attached hydrogens (tertiary/aromatic N) is 5. The van der Waals surface area contributed by atoms with Gasteiger partial charge < -0.3 is 24.4 Å². The summed E-state index contributed by atoms with van der Waals surface area (Å²) in [6, 6.07) is 0.378.